The summed E-state index contributed by atoms with van der Waals surface area (Å²) in [5.74, 6) is 0. The van der Waals surface area contributed by atoms with Crippen molar-refractivity contribution < 1.29 is 0 Å². The lowest BCUT2D eigenvalue weighted by atomic mass is 9.98. The molecule has 0 aromatic heterocycles. The molecule has 1 atom stereocenters. The van der Waals surface area contributed by atoms with Crippen molar-refractivity contribution in [3.63, 3.8) is 0 Å². The highest BCUT2D eigenvalue weighted by molar-refractivity contribution is 14.1. The van der Waals surface area contributed by atoms with E-state index in [9.17, 15) is 0 Å². The zero-order chi connectivity index (χ0) is 7.68. The van der Waals surface area contributed by atoms with Crippen LogP contribution >= 0.6 is 35.0 Å². The topological polar surface area (TPSA) is 12.0 Å². The van der Waals surface area contributed by atoms with Crippen molar-refractivity contribution in [3.05, 3.63) is 33.4 Å². The number of hydrogen-bond donors (Lipinski definition) is 1. The minimum Gasteiger partial charge on any atom is -0.310 e. The van der Waals surface area contributed by atoms with Gasteiger partial charge in [-0.1, -0.05) is 18.2 Å². The fraction of sp³-hybridized carbons (Fsp3) is 0.333. The van der Waals surface area contributed by atoms with Crippen LogP contribution in [0.4, 0.5) is 0 Å². The van der Waals surface area contributed by atoms with Crippen molar-refractivity contribution in [1.29, 1.82) is 0 Å². The van der Waals surface area contributed by atoms with Gasteiger partial charge in [0.05, 0.1) is 0 Å². The van der Waals surface area contributed by atoms with E-state index in [0.29, 0.717) is 6.04 Å². The molecule has 1 fully saturated rings. The molecular formula is C9H11ClIN. The SMILES string of the molecule is Cl.Ic1ccccc1[C@@H]1CCN1. The standard InChI is InChI=1S/C9H10IN.ClH/c10-8-4-2-1-3-7(8)9-5-6-11-9;/h1-4,9,11H,5-6H2;1H/t9-;/m0./s1. The second-order valence-corrected chi connectivity index (χ2v) is 3.98. The Kier molecular flexibility index (Phi) is 3.80. The molecule has 66 valence electrons. The largest absolute Gasteiger partial charge is 0.310 e. The first-order valence-corrected chi connectivity index (χ1v) is 4.93. The summed E-state index contributed by atoms with van der Waals surface area (Å²) in [4.78, 5) is 0. The maximum absolute atomic E-state index is 3.40. The second kappa shape index (κ2) is 4.44. The van der Waals surface area contributed by atoms with Crippen molar-refractivity contribution in [2.24, 2.45) is 0 Å². The molecule has 1 heterocycles. The fourth-order valence-corrected chi connectivity index (χ4v) is 2.08. The Morgan fingerprint density at radius 1 is 1.33 bits per heavy atom. The van der Waals surface area contributed by atoms with E-state index in [1.807, 2.05) is 0 Å². The quantitative estimate of drug-likeness (QED) is 0.786. The molecule has 1 aromatic rings. The lowest BCUT2D eigenvalue weighted by molar-refractivity contribution is 0.382. The van der Waals surface area contributed by atoms with Gasteiger partial charge < -0.3 is 5.32 Å². The molecule has 0 bridgehead atoms. The predicted octanol–water partition coefficient (Wildman–Crippen LogP) is 2.75. The third-order valence-electron chi connectivity index (χ3n) is 2.10. The smallest absolute Gasteiger partial charge is 0.0342 e. The Hall–Kier alpha value is 0.200. The summed E-state index contributed by atoms with van der Waals surface area (Å²) in [5.41, 5.74) is 1.46. The Bertz CT molecular complexity index is 260. The van der Waals surface area contributed by atoms with Crippen LogP contribution in [0.2, 0.25) is 0 Å². The average Bonchev–Trinajstić information content (AvgIpc) is 1.90. The van der Waals surface area contributed by atoms with Crippen LogP contribution in [0.15, 0.2) is 24.3 Å². The van der Waals surface area contributed by atoms with Crippen LogP contribution in [0, 0.1) is 3.57 Å². The van der Waals surface area contributed by atoms with Gasteiger partial charge >= 0.3 is 0 Å². The summed E-state index contributed by atoms with van der Waals surface area (Å²) in [6.07, 6.45) is 1.29. The predicted molar refractivity (Wildman–Crippen MR) is 61.8 cm³/mol. The first-order chi connectivity index (χ1) is 5.38. The van der Waals surface area contributed by atoms with Gasteiger partial charge in [-0.2, -0.15) is 0 Å². The van der Waals surface area contributed by atoms with E-state index in [2.05, 4.69) is 52.2 Å². The molecule has 1 aromatic carbocycles. The van der Waals surface area contributed by atoms with Crippen molar-refractivity contribution in [1.82, 2.24) is 5.32 Å². The lowest BCUT2D eigenvalue weighted by Crippen LogP contribution is -2.35. The minimum atomic E-state index is 0. The minimum absolute atomic E-state index is 0. The van der Waals surface area contributed by atoms with E-state index in [-0.39, 0.29) is 12.4 Å². The molecule has 1 nitrogen and oxygen atoms in total. The van der Waals surface area contributed by atoms with Gasteiger partial charge in [-0.3, -0.25) is 0 Å². The third-order valence-corrected chi connectivity index (χ3v) is 3.09. The maximum Gasteiger partial charge on any atom is 0.0342 e. The molecule has 2 rings (SSSR count). The normalized spacial score (nSPS) is 20.9. The van der Waals surface area contributed by atoms with E-state index in [4.69, 9.17) is 0 Å². The van der Waals surface area contributed by atoms with Crippen molar-refractivity contribution >= 4 is 35.0 Å². The van der Waals surface area contributed by atoms with Gasteiger partial charge in [0.15, 0.2) is 0 Å². The molecule has 0 radical (unpaired) electrons. The highest BCUT2D eigenvalue weighted by Gasteiger charge is 2.19. The molecule has 1 N–H and O–H groups in total. The number of hydrogen-bond acceptors (Lipinski definition) is 1. The molecular weight excluding hydrogens is 284 g/mol. The van der Waals surface area contributed by atoms with E-state index >= 15 is 0 Å². The molecule has 1 aliphatic rings. The first kappa shape index (κ1) is 10.3. The van der Waals surface area contributed by atoms with Gasteiger partial charge in [0, 0.05) is 9.61 Å². The van der Waals surface area contributed by atoms with Gasteiger partial charge in [-0.15, -0.1) is 12.4 Å². The molecule has 0 amide bonds. The van der Waals surface area contributed by atoms with Crippen LogP contribution < -0.4 is 5.32 Å². The Balaban J connectivity index is 0.000000720. The summed E-state index contributed by atoms with van der Waals surface area (Å²) in [6, 6.07) is 9.19. The Morgan fingerprint density at radius 2 is 2.00 bits per heavy atom. The molecule has 0 saturated carbocycles. The first-order valence-electron chi connectivity index (χ1n) is 3.86. The monoisotopic (exact) mass is 295 g/mol. The second-order valence-electron chi connectivity index (χ2n) is 2.82. The van der Waals surface area contributed by atoms with Crippen LogP contribution in [0.25, 0.3) is 0 Å². The molecule has 3 heteroatoms. The number of rotatable bonds is 1. The molecule has 1 saturated heterocycles. The summed E-state index contributed by atoms with van der Waals surface area (Å²) in [5, 5.41) is 3.40. The van der Waals surface area contributed by atoms with Gasteiger partial charge in [0.25, 0.3) is 0 Å². The van der Waals surface area contributed by atoms with E-state index in [1.165, 1.54) is 22.1 Å². The Labute approximate surface area is 92.5 Å². The lowest BCUT2D eigenvalue weighted by Gasteiger charge is -2.28. The zero-order valence-electron chi connectivity index (χ0n) is 6.59. The van der Waals surface area contributed by atoms with E-state index < -0.39 is 0 Å². The number of halogens is 2. The molecule has 0 spiro atoms. The van der Waals surface area contributed by atoms with Gasteiger partial charge in [0.2, 0.25) is 0 Å². The molecule has 1 aliphatic heterocycles. The molecule has 12 heavy (non-hydrogen) atoms. The van der Waals surface area contributed by atoms with Gasteiger partial charge in [-0.05, 0) is 47.2 Å². The highest BCUT2D eigenvalue weighted by atomic mass is 127. The highest BCUT2D eigenvalue weighted by Crippen LogP contribution is 2.26. The van der Waals surface area contributed by atoms with Crippen LogP contribution in [-0.2, 0) is 0 Å². The van der Waals surface area contributed by atoms with Crippen LogP contribution in [0.1, 0.15) is 18.0 Å². The van der Waals surface area contributed by atoms with Crippen LogP contribution in [-0.4, -0.2) is 6.54 Å². The average molecular weight is 296 g/mol. The van der Waals surface area contributed by atoms with Crippen LogP contribution in [0.3, 0.4) is 0 Å². The third kappa shape index (κ3) is 1.92. The van der Waals surface area contributed by atoms with E-state index in [0.717, 1.165) is 0 Å². The summed E-state index contributed by atoms with van der Waals surface area (Å²) in [6.45, 7) is 1.18. The fourth-order valence-electron chi connectivity index (χ4n) is 1.31. The van der Waals surface area contributed by atoms with Crippen molar-refractivity contribution in [3.8, 4) is 0 Å². The zero-order valence-corrected chi connectivity index (χ0v) is 9.56. The maximum atomic E-state index is 3.40. The Morgan fingerprint density at radius 3 is 2.50 bits per heavy atom. The number of nitrogens with one attached hydrogen (secondary N) is 1. The van der Waals surface area contributed by atoms with Gasteiger partial charge in [0.1, 0.15) is 0 Å². The van der Waals surface area contributed by atoms with Crippen LogP contribution in [0.5, 0.6) is 0 Å². The van der Waals surface area contributed by atoms with Gasteiger partial charge in [-0.25, -0.2) is 0 Å². The molecule has 0 unspecified atom stereocenters. The summed E-state index contributed by atoms with van der Waals surface area (Å²) < 4.78 is 1.38. The van der Waals surface area contributed by atoms with Crippen molar-refractivity contribution in [2.75, 3.05) is 6.54 Å². The van der Waals surface area contributed by atoms with E-state index in [1.54, 1.807) is 0 Å². The summed E-state index contributed by atoms with van der Waals surface area (Å²) >= 11 is 2.39. The number of benzene rings is 1. The van der Waals surface area contributed by atoms with Crippen molar-refractivity contribution in [2.45, 2.75) is 12.5 Å². The molecule has 0 aliphatic carbocycles. The summed E-state index contributed by atoms with van der Waals surface area (Å²) in [7, 11) is 0.